The topological polar surface area (TPSA) is 106 Å². The van der Waals surface area contributed by atoms with Crippen LogP contribution >= 0.6 is 0 Å². The third kappa shape index (κ3) is 4.12. The summed E-state index contributed by atoms with van der Waals surface area (Å²) in [6, 6.07) is 21.4. The number of ketones is 1. The molecule has 0 aromatic heterocycles. The lowest BCUT2D eigenvalue weighted by molar-refractivity contribution is -0.150. The van der Waals surface area contributed by atoms with Crippen molar-refractivity contribution in [1.29, 1.82) is 5.26 Å². The van der Waals surface area contributed by atoms with Crippen LogP contribution in [0.3, 0.4) is 0 Å². The molecule has 2 heterocycles. The molecule has 0 radical (unpaired) electrons. The fraction of sp³-hybridized carbons (Fsp3) is 0.226. The molecule has 5 rings (SSSR count). The number of benzene rings is 3. The van der Waals surface area contributed by atoms with E-state index in [1.165, 1.54) is 14.0 Å². The third-order valence-electron chi connectivity index (χ3n) is 7.40. The Morgan fingerprint density at radius 3 is 2.21 bits per heavy atom. The standard InChI is InChI=1S/C31H26N2O6/c1-19(34)39-24-15-10-22(11-16-24)29(35)28-27(21-8-13-23(37-2)14-9-21)31(18-32,30(36)38-3)26-17-12-20-6-4-5-7-25(20)33(26)28/h4-17,26-28H,1-3H3/t26-,27-,28-,31+/m1/s1. The van der Waals surface area contributed by atoms with E-state index in [-0.39, 0.29) is 5.78 Å². The molecule has 196 valence electrons. The number of ether oxygens (including phenoxy) is 3. The maximum Gasteiger partial charge on any atom is 0.329 e. The number of para-hydroxylation sites is 1. The van der Waals surface area contributed by atoms with Crippen molar-refractivity contribution in [3.05, 3.63) is 95.6 Å². The molecule has 4 atom stereocenters. The number of Topliss-reactive ketones (excluding diaryl/α,β-unsaturated/α-hetero) is 1. The van der Waals surface area contributed by atoms with E-state index < -0.39 is 35.4 Å². The molecule has 0 saturated carbocycles. The molecule has 3 aromatic carbocycles. The van der Waals surface area contributed by atoms with Crippen molar-refractivity contribution in [2.45, 2.75) is 24.9 Å². The van der Waals surface area contributed by atoms with Crippen molar-refractivity contribution in [1.82, 2.24) is 0 Å². The highest BCUT2D eigenvalue weighted by Gasteiger charge is 2.67. The lowest BCUT2D eigenvalue weighted by Gasteiger charge is -2.36. The van der Waals surface area contributed by atoms with E-state index in [0.29, 0.717) is 22.6 Å². The maximum atomic E-state index is 14.4. The third-order valence-corrected chi connectivity index (χ3v) is 7.40. The summed E-state index contributed by atoms with van der Waals surface area (Å²) in [5, 5.41) is 10.7. The number of hydrogen-bond donors (Lipinski definition) is 0. The largest absolute Gasteiger partial charge is 0.497 e. The van der Waals surface area contributed by atoms with Gasteiger partial charge in [0.1, 0.15) is 17.5 Å². The molecule has 0 bridgehead atoms. The molecule has 8 nitrogen and oxygen atoms in total. The molecule has 2 aliphatic heterocycles. The Kier molecular flexibility index (Phi) is 6.67. The molecule has 0 amide bonds. The van der Waals surface area contributed by atoms with E-state index in [1.54, 1.807) is 61.7 Å². The second kappa shape index (κ2) is 10.1. The Morgan fingerprint density at radius 2 is 1.59 bits per heavy atom. The summed E-state index contributed by atoms with van der Waals surface area (Å²) in [5.41, 5.74) is 0.839. The Labute approximate surface area is 226 Å². The van der Waals surface area contributed by atoms with Crippen molar-refractivity contribution in [2.24, 2.45) is 5.41 Å². The van der Waals surface area contributed by atoms with Gasteiger partial charge in [0.25, 0.3) is 0 Å². The number of carbonyl (C=O) groups excluding carboxylic acids is 3. The van der Waals surface area contributed by atoms with Crippen LogP contribution in [0.25, 0.3) is 6.08 Å². The fourth-order valence-electron chi connectivity index (χ4n) is 5.74. The number of anilines is 1. The second-order valence-corrected chi connectivity index (χ2v) is 9.42. The number of fused-ring (bicyclic) bond motifs is 3. The Hall–Kier alpha value is -4.90. The van der Waals surface area contributed by atoms with Gasteiger partial charge in [0.05, 0.1) is 26.3 Å². The summed E-state index contributed by atoms with van der Waals surface area (Å²) in [4.78, 5) is 41.2. The Bertz CT molecular complexity index is 1510. The van der Waals surface area contributed by atoms with Gasteiger partial charge >= 0.3 is 11.9 Å². The van der Waals surface area contributed by atoms with Crippen molar-refractivity contribution in [2.75, 3.05) is 19.1 Å². The lowest BCUT2D eigenvalue weighted by atomic mass is 9.68. The summed E-state index contributed by atoms with van der Waals surface area (Å²) in [7, 11) is 2.80. The van der Waals surface area contributed by atoms with E-state index >= 15 is 0 Å². The second-order valence-electron chi connectivity index (χ2n) is 9.42. The SMILES string of the molecule is COC(=O)[C@]1(C#N)[C@H](c2ccc(OC)cc2)[C@H](C(=O)c2ccc(OC(C)=O)cc2)N2c3ccccc3C=C[C@@H]21. The number of nitrogens with zero attached hydrogens (tertiary/aromatic N) is 2. The Balaban J connectivity index is 1.74. The molecule has 1 saturated heterocycles. The Morgan fingerprint density at radius 1 is 0.923 bits per heavy atom. The highest BCUT2D eigenvalue weighted by atomic mass is 16.5. The first-order valence-electron chi connectivity index (χ1n) is 12.4. The number of nitriles is 1. The maximum absolute atomic E-state index is 14.4. The number of methoxy groups -OCH3 is 2. The molecular weight excluding hydrogens is 496 g/mol. The first-order valence-corrected chi connectivity index (χ1v) is 12.4. The molecule has 0 N–H and O–H groups in total. The van der Waals surface area contributed by atoms with Crippen molar-refractivity contribution < 1.29 is 28.6 Å². The van der Waals surface area contributed by atoms with E-state index in [4.69, 9.17) is 14.2 Å². The van der Waals surface area contributed by atoms with E-state index in [0.717, 1.165) is 11.3 Å². The minimum atomic E-state index is -1.73. The smallest absolute Gasteiger partial charge is 0.329 e. The quantitative estimate of drug-likeness (QED) is 0.264. The highest BCUT2D eigenvalue weighted by molar-refractivity contribution is 6.06. The molecule has 8 heteroatoms. The van der Waals surface area contributed by atoms with E-state index in [9.17, 15) is 19.6 Å². The zero-order chi connectivity index (χ0) is 27.7. The molecule has 2 aliphatic rings. The fourth-order valence-corrected chi connectivity index (χ4v) is 5.74. The highest BCUT2D eigenvalue weighted by Crippen LogP contribution is 2.56. The van der Waals surface area contributed by atoms with Crippen LogP contribution in [0, 0.1) is 16.7 Å². The van der Waals surface area contributed by atoms with Crippen LogP contribution in [0.5, 0.6) is 11.5 Å². The average molecular weight is 523 g/mol. The monoisotopic (exact) mass is 522 g/mol. The van der Waals surface area contributed by atoms with Gasteiger partial charge in [-0.1, -0.05) is 42.5 Å². The van der Waals surface area contributed by atoms with Gasteiger partial charge in [0.2, 0.25) is 0 Å². The predicted octanol–water partition coefficient (Wildman–Crippen LogP) is 4.55. The van der Waals surface area contributed by atoms with E-state index in [1.807, 2.05) is 35.2 Å². The van der Waals surface area contributed by atoms with Crippen LogP contribution in [0.15, 0.2) is 78.9 Å². The molecule has 39 heavy (non-hydrogen) atoms. The van der Waals surface area contributed by atoms with E-state index in [2.05, 4.69) is 6.07 Å². The van der Waals surface area contributed by atoms with Gasteiger partial charge in [-0.2, -0.15) is 5.26 Å². The van der Waals surface area contributed by atoms with Crippen LogP contribution in [0.4, 0.5) is 5.69 Å². The van der Waals surface area contributed by atoms with Gasteiger partial charge in [-0.05, 0) is 53.6 Å². The van der Waals surface area contributed by atoms with Crippen LogP contribution in [-0.2, 0) is 14.3 Å². The molecule has 0 aliphatic carbocycles. The summed E-state index contributed by atoms with van der Waals surface area (Å²) in [5.74, 6) is -1.46. The number of esters is 2. The normalized spacial score (nSPS) is 22.7. The molecule has 0 unspecified atom stereocenters. The van der Waals surface area contributed by atoms with Gasteiger partial charge in [-0.3, -0.25) is 14.4 Å². The van der Waals surface area contributed by atoms with Gasteiger partial charge in [-0.15, -0.1) is 0 Å². The van der Waals surface area contributed by atoms with Crippen molar-refractivity contribution >= 4 is 29.5 Å². The van der Waals surface area contributed by atoms with Crippen LogP contribution < -0.4 is 14.4 Å². The van der Waals surface area contributed by atoms with Crippen molar-refractivity contribution in [3.8, 4) is 17.6 Å². The van der Waals surface area contributed by atoms with Gasteiger partial charge < -0.3 is 19.1 Å². The summed E-state index contributed by atoms with van der Waals surface area (Å²) in [6.45, 7) is 1.30. The molecule has 0 spiro atoms. The first-order chi connectivity index (χ1) is 18.8. The molecular formula is C31H26N2O6. The van der Waals surface area contributed by atoms with Crippen LogP contribution in [0.2, 0.25) is 0 Å². The number of hydrogen-bond acceptors (Lipinski definition) is 8. The zero-order valence-corrected chi connectivity index (χ0v) is 21.7. The molecule has 3 aromatic rings. The average Bonchev–Trinajstić information content (AvgIpc) is 3.28. The van der Waals surface area contributed by atoms with Gasteiger partial charge in [-0.25, -0.2) is 0 Å². The van der Waals surface area contributed by atoms with Gasteiger partial charge in [0, 0.05) is 24.1 Å². The minimum absolute atomic E-state index is 0.290. The van der Waals surface area contributed by atoms with Gasteiger partial charge in [0.15, 0.2) is 11.2 Å². The van der Waals surface area contributed by atoms with Crippen LogP contribution in [0.1, 0.15) is 34.3 Å². The van der Waals surface area contributed by atoms with Crippen molar-refractivity contribution in [3.63, 3.8) is 0 Å². The first kappa shape index (κ1) is 25.7. The number of carbonyl (C=O) groups is 3. The molecule has 1 fully saturated rings. The predicted molar refractivity (Wildman–Crippen MR) is 143 cm³/mol. The summed E-state index contributed by atoms with van der Waals surface area (Å²) < 4.78 is 15.7. The minimum Gasteiger partial charge on any atom is -0.497 e. The summed E-state index contributed by atoms with van der Waals surface area (Å²) >= 11 is 0. The van der Waals surface area contributed by atoms with Crippen LogP contribution in [-0.4, -0.2) is 44.0 Å². The zero-order valence-electron chi connectivity index (χ0n) is 21.7. The summed E-state index contributed by atoms with van der Waals surface area (Å²) in [6.07, 6.45) is 3.67. The lowest BCUT2D eigenvalue weighted by Crippen LogP contribution is -2.46. The number of rotatable bonds is 6.